The molecule has 1 aliphatic heterocycles. The number of nitrogens with zero attached hydrogens (tertiary/aromatic N) is 1. The van der Waals surface area contributed by atoms with Gasteiger partial charge in [-0.3, -0.25) is 0 Å². The lowest BCUT2D eigenvalue weighted by Gasteiger charge is -2.24. The Labute approximate surface area is 87.8 Å². The fourth-order valence-electron chi connectivity index (χ4n) is 3.17. The molecule has 1 heterocycles. The van der Waals surface area contributed by atoms with Crippen LogP contribution in [-0.4, -0.2) is 30.6 Å². The highest BCUT2D eigenvalue weighted by Crippen LogP contribution is 2.29. The maximum Gasteiger partial charge on any atom is 0.00707 e. The highest BCUT2D eigenvalue weighted by molar-refractivity contribution is 4.85. The minimum atomic E-state index is 0.770. The van der Waals surface area contributed by atoms with Gasteiger partial charge in [-0.1, -0.05) is 12.8 Å². The predicted octanol–water partition coefficient (Wildman–Crippen LogP) is 1.85. The topological polar surface area (TPSA) is 29.3 Å². The van der Waals surface area contributed by atoms with Crippen molar-refractivity contribution in [3.63, 3.8) is 0 Å². The number of hydrogen-bond acceptors (Lipinski definition) is 2. The second kappa shape index (κ2) is 4.63. The zero-order chi connectivity index (χ0) is 9.97. The van der Waals surface area contributed by atoms with Crippen LogP contribution in [0.1, 0.15) is 39.0 Å². The largest absolute Gasteiger partial charge is 0.330 e. The Kier molecular flexibility index (Phi) is 3.45. The fraction of sp³-hybridized carbons (Fsp3) is 1.00. The van der Waals surface area contributed by atoms with Gasteiger partial charge in [-0.25, -0.2) is 0 Å². The molecule has 2 atom stereocenters. The van der Waals surface area contributed by atoms with Gasteiger partial charge in [0.15, 0.2) is 0 Å². The molecule has 2 aliphatic rings. The predicted molar refractivity (Wildman–Crippen MR) is 60.2 cm³/mol. The van der Waals surface area contributed by atoms with Gasteiger partial charge in [0.1, 0.15) is 0 Å². The second-order valence-corrected chi connectivity index (χ2v) is 5.29. The van der Waals surface area contributed by atoms with Gasteiger partial charge in [0.25, 0.3) is 0 Å². The van der Waals surface area contributed by atoms with Gasteiger partial charge in [0.05, 0.1) is 0 Å². The van der Waals surface area contributed by atoms with Gasteiger partial charge in [-0.05, 0) is 44.6 Å². The SMILES string of the molecule is CC1CC(CN)CN1CC1CCCC1. The zero-order valence-corrected chi connectivity index (χ0v) is 9.41. The molecular weight excluding hydrogens is 172 g/mol. The van der Waals surface area contributed by atoms with E-state index < -0.39 is 0 Å². The molecule has 2 N–H and O–H groups in total. The van der Waals surface area contributed by atoms with Gasteiger partial charge >= 0.3 is 0 Å². The molecule has 1 saturated carbocycles. The fourth-order valence-corrected chi connectivity index (χ4v) is 3.17. The van der Waals surface area contributed by atoms with Crippen molar-refractivity contribution in [3.8, 4) is 0 Å². The highest BCUT2D eigenvalue weighted by atomic mass is 15.2. The van der Waals surface area contributed by atoms with Gasteiger partial charge in [-0.15, -0.1) is 0 Å². The average Bonchev–Trinajstić information content (AvgIpc) is 2.78. The molecule has 2 rings (SSSR count). The molecule has 0 aromatic carbocycles. The molecule has 0 aromatic heterocycles. The average molecular weight is 196 g/mol. The Hall–Kier alpha value is -0.0800. The van der Waals surface area contributed by atoms with Crippen LogP contribution >= 0.6 is 0 Å². The van der Waals surface area contributed by atoms with Gasteiger partial charge in [0.2, 0.25) is 0 Å². The molecule has 2 nitrogen and oxygen atoms in total. The Morgan fingerprint density at radius 3 is 2.50 bits per heavy atom. The van der Waals surface area contributed by atoms with E-state index in [4.69, 9.17) is 5.73 Å². The molecule has 0 radical (unpaired) electrons. The minimum absolute atomic E-state index is 0.770. The van der Waals surface area contributed by atoms with Crippen molar-refractivity contribution in [1.29, 1.82) is 0 Å². The van der Waals surface area contributed by atoms with Crippen molar-refractivity contribution < 1.29 is 0 Å². The summed E-state index contributed by atoms with van der Waals surface area (Å²) in [6.45, 7) is 5.85. The van der Waals surface area contributed by atoms with Crippen LogP contribution in [0.4, 0.5) is 0 Å². The van der Waals surface area contributed by atoms with E-state index in [1.165, 1.54) is 45.2 Å². The van der Waals surface area contributed by atoms with E-state index in [2.05, 4.69) is 11.8 Å². The Morgan fingerprint density at radius 2 is 1.93 bits per heavy atom. The second-order valence-electron chi connectivity index (χ2n) is 5.29. The smallest absolute Gasteiger partial charge is 0.00707 e. The maximum absolute atomic E-state index is 5.74. The van der Waals surface area contributed by atoms with Crippen LogP contribution in [0.2, 0.25) is 0 Å². The lowest BCUT2D eigenvalue weighted by molar-refractivity contribution is 0.223. The minimum Gasteiger partial charge on any atom is -0.330 e. The molecular formula is C12H24N2. The number of hydrogen-bond donors (Lipinski definition) is 1. The highest BCUT2D eigenvalue weighted by Gasteiger charge is 2.30. The van der Waals surface area contributed by atoms with Crippen LogP contribution in [0.3, 0.4) is 0 Å². The third kappa shape index (κ3) is 2.29. The van der Waals surface area contributed by atoms with Crippen molar-refractivity contribution in [3.05, 3.63) is 0 Å². The number of likely N-dealkylation sites (tertiary alicyclic amines) is 1. The molecule has 82 valence electrons. The van der Waals surface area contributed by atoms with Gasteiger partial charge in [-0.2, -0.15) is 0 Å². The number of nitrogens with two attached hydrogens (primary N) is 1. The van der Waals surface area contributed by atoms with E-state index in [1.54, 1.807) is 0 Å². The summed E-state index contributed by atoms with van der Waals surface area (Å²) in [6.07, 6.45) is 7.19. The summed E-state index contributed by atoms with van der Waals surface area (Å²) < 4.78 is 0. The van der Waals surface area contributed by atoms with E-state index in [1.807, 2.05) is 0 Å². The standard InChI is InChI=1S/C12H24N2/c1-10-6-12(7-13)9-14(10)8-11-4-2-3-5-11/h10-12H,2-9,13H2,1H3. The monoisotopic (exact) mass is 196 g/mol. The van der Waals surface area contributed by atoms with Crippen molar-refractivity contribution in [2.24, 2.45) is 17.6 Å². The molecule has 0 spiro atoms. The summed E-state index contributed by atoms with van der Waals surface area (Å²) in [5, 5.41) is 0. The van der Waals surface area contributed by atoms with Crippen LogP contribution in [0.15, 0.2) is 0 Å². The molecule has 0 amide bonds. The van der Waals surface area contributed by atoms with Crippen LogP contribution in [-0.2, 0) is 0 Å². The van der Waals surface area contributed by atoms with Crippen molar-refractivity contribution in [1.82, 2.24) is 4.90 Å². The van der Waals surface area contributed by atoms with E-state index in [0.29, 0.717) is 0 Å². The molecule has 2 fully saturated rings. The summed E-state index contributed by atoms with van der Waals surface area (Å²) in [6, 6.07) is 0.782. The molecule has 1 aliphatic carbocycles. The lowest BCUT2D eigenvalue weighted by atomic mass is 10.1. The molecule has 1 saturated heterocycles. The Morgan fingerprint density at radius 1 is 1.21 bits per heavy atom. The summed E-state index contributed by atoms with van der Waals surface area (Å²) in [7, 11) is 0. The lowest BCUT2D eigenvalue weighted by Crippen LogP contribution is -2.32. The molecule has 2 heteroatoms. The zero-order valence-electron chi connectivity index (χ0n) is 9.41. The maximum atomic E-state index is 5.74. The first-order valence-corrected chi connectivity index (χ1v) is 6.23. The molecule has 0 bridgehead atoms. The van der Waals surface area contributed by atoms with E-state index in [-0.39, 0.29) is 0 Å². The summed E-state index contributed by atoms with van der Waals surface area (Å²) in [5.74, 6) is 1.76. The number of rotatable bonds is 3. The summed E-state index contributed by atoms with van der Waals surface area (Å²) >= 11 is 0. The van der Waals surface area contributed by atoms with Crippen LogP contribution < -0.4 is 5.73 Å². The van der Waals surface area contributed by atoms with Crippen molar-refractivity contribution in [2.75, 3.05) is 19.6 Å². The Balaban J connectivity index is 1.79. The van der Waals surface area contributed by atoms with E-state index in [9.17, 15) is 0 Å². The van der Waals surface area contributed by atoms with E-state index >= 15 is 0 Å². The first kappa shape index (κ1) is 10.4. The normalized spacial score (nSPS) is 35.6. The van der Waals surface area contributed by atoms with Gasteiger partial charge < -0.3 is 10.6 Å². The Bertz CT molecular complexity index is 175. The molecule has 0 aromatic rings. The quantitative estimate of drug-likeness (QED) is 0.746. The third-order valence-electron chi connectivity index (χ3n) is 4.09. The first-order valence-electron chi connectivity index (χ1n) is 6.23. The van der Waals surface area contributed by atoms with Crippen molar-refractivity contribution in [2.45, 2.75) is 45.1 Å². The van der Waals surface area contributed by atoms with Crippen molar-refractivity contribution >= 4 is 0 Å². The van der Waals surface area contributed by atoms with Gasteiger partial charge in [0, 0.05) is 19.1 Å². The molecule has 14 heavy (non-hydrogen) atoms. The summed E-state index contributed by atoms with van der Waals surface area (Å²) in [4.78, 5) is 2.67. The van der Waals surface area contributed by atoms with Crippen LogP contribution in [0.25, 0.3) is 0 Å². The van der Waals surface area contributed by atoms with E-state index in [0.717, 1.165) is 24.4 Å². The first-order chi connectivity index (χ1) is 6.79. The third-order valence-corrected chi connectivity index (χ3v) is 4.09. The van der Waals surface area contributed by atoms with Crippen LogP contribution in [0, 0.1) is 11.8 Å². The molecule has 2 unspecified atom stereocenters. The van der Waals surface area contributed by atoms with Crippen LogP contribution in [0.5, 0.6) is 0 Å². The summed E-state index contributed by atoms with van der Waals surface area (Å²) in [5.41, 5.74) is 5.74.